The SMILES string of the molecule is COc1cc2c(cc1CN1CCCC(c3nnc4n3CCNC4)C1)OCCO2. The maximum atomic E-state index is 5.77. The molecule has 0 spiro atoms. The Morgan fingerprint density at radius 3 is 2.89 bits per heavy atom. The van der Waals surface area contributed by atoms with E-state index in [1.54, 1.807) is 7.11 Å². The first kappa shape index (κ1) is 17.8. The molecule has 3 aliphatic heterocycles. The van der Waals surface area contributed by atoms with Crippen molar-refractivity contribution < 1.29 is 14.2 Å². The molecule has 0 bridgehead atoms. The van der Waals surface area contributed by atoms with Crippen LogP contribution in [0.5, 0.6) is 17.2 Å². The molecule has 1 aromatic heterocycles. The number of piperidine rings is 1. The molecular formula is C20H27N5O3. The van der Waals surface area contributed by atoms with Crippen LogP contribution in [0.2, 0.25) is 0 Å². The highest BCUT2D eigenvalue weighted by atomic mass is 16.6. The van der Waals surface area contributed by atoms with Crippen LogP contribution in [0.25, 0.3) is 0 Å². The van der Waals surface area contributed by atoms with Crippen LogP contribution >= 0.6 is 0 Å². The molecule has 4 heterocycles. The molecule has 0 amide bonds. The Kier molecular flexibility index (Phi) is 4.82. The number of likely N-dealkylation sites (tertiary alicyclic amines) is 1. The summed E-state index contributed by atoms with van der Waals surface area (Å²) in [7, 11) is 1.71. The van der Waals surface area contributed by atoms with Gasteiger partial charge in [-0.2, -0.15) is 0 Å². The van der Waals surface area contributed by atoms with Crippen LogP contribution in [0.3, 0.4) is 0 Å². The van der Waals surface area contributed by atoms with Crippen LogP contribution in [0.15, 0.2) is 12.1 Å². The Bertz CT molecular complexity index is 853. The lowest BCUT2D eigenvalue weighted by molar-refractivity contribution is 0.168. The van der Waals surface area contributed by atoms with Crippen LogP contribution in [0, 0.1) is 0 Å². The topological polar surface area (TPSA) is 73.7 Å². The van der Waals surface area contributed by atoms with Gasteiger partial charge in [0.2, 0.25) is 0 Å². The number of aromatic nitrogens is 3. The first-order valence-corrected chi connectivity index (χ1v) is 10.1. The van der Waals surface area contributed by atoms with Gasteiger partial charge in [0, 0.05) is 43.7 Å². The maximum Gasteiger partial charge on any atom is 0.165 e. The van der Waals surface area contributed by atoms with Crippen LogP contribution in [-0.4, -0.2) is 59.6 Å². The summed E-state index contributed by atoms with van der Waals surface area (Å²) >= 11 is 0. The van der Waals surface area contributed by atoms with Crippen LogP contribution < -0.4 is 19.5 Å². The summed E-state index contributed by atoms with van der Waals surface area (Å²) in [5.74, 6) is 5.08. The number of methoxy groups -OCH3 is 1. The molecule has 8 nitrogen and oxygen atoms in total. The molecule has 3 aliphatic rings. The van der Waals surface area contributed by atoms with Crippen molar-refractivity contribution in [3.8, 4) is 17.2 Å². The zero-order chi connectivity index (χ0) is 18.9. The first-order valence-electron chi connectivity index (χ1n) is 10.1. The molecule has 1 unspecified atom stereocenters. The minimum absolute atomic E-state index is 0.427. The Balaban J connectivity index is 1.34. The van der Waals surface area contributed by atoms with Gasteiger partial charge in [0.1, 0.15) is 30.6 Å². The van der Waals surface area contributed by atoms with Crippen molar-refractivity contribution in [1.82, 2.24) is 25.0 Å². The Labute approximate surface area is 164 Å². The van der Waals surface area contributed by atoms with E-state index >= 15 is 0 Å². The molecule has 1 saturated heterocycles. The molecule has 150 valence electrons. The van der Waals surface area contributed by atoms with Gasteiger partial charge in [-0.15, -0.1) is 10.2 Å². The van der Waals surface area contributed by atoms with E-state index in [2.05, 4.69) is 31.0 Å². The fourth-order valence-corrected chi connectivity index (χ4v) is 4.49. The molecule has 2 aromatic rings. The molecule has 0 aliphatic carbocycles. The van der Waals surface area contributed by atoms with Crippen LogP contribution in [0.4, 0.5) is 0 Å². The number of rotatable bonds is 4. The third-order valence-corrected chi connectivity index (χ3v) is 5.86. The number of ether oxygens (including phenoxy) is 3. The summed E-state index contributed by atoms with van der Waals surface area (Å²) in [6.45, 7) is 6.85. The normalized spacial score (nSPS) is 22.0. The Hall–Kier alpha value is -2.32. The summed E-state index contributed by atoms with van der Waals surface area (Å²) in [6.07, 6.45) is 2.33. The zero-order valence-electron chi connectivity index (χ0n) is 16.3. The lowest BCUT2D eigenvalue weighted by Gasteiger charge is -2.33. The lowest BCUT2D eigenvalue weighted by Crippen LogP contribution is -2.36. The van der Waals surface area contributed by atoms with Crippen molar-refractivity contribution >= 4 is 0 Å². The van der Waals surface area contributed by atoms with Gasteiger partial charge < -0.3 is 24.1 Å². The van der Waals surface area contributed by atoms with E-state index in [4.69, 9.17) is 14.2 Å². The number of benzene rings is 1. The highest BCUT2D eigenvalue weighted by Crippen LogP contribution is 2.38. The van der Waals surface area contributed by atoms with Crippen molar-refractivity contribution in [3.63, 3.8) is 0 Å². The van der Waals surface area contributed by atoms with Crippen molar-refractivity contribution in [3.05, 3.63) is 29.3 Å². The molecule has 0 saturated carbocycles. The van der Waals surface area contributed by atoms with Gasteiger partial charge in [0.05, 0.1) is 13.7 Å². The minimum atomic E-state index is 0.427. The van der Waals surface area contributed by atoms with Gasteiger partial charge in [0.25, 0.3) is 0 Å². The van der Waals surface area contributed by atoms with E-state index in [1.807, 2.05) is 6.07 Å². The molecule has 0 radical (unpaired) electrons. The summed E-state index contributed by atoms with van der Waals surface area (Å²) in [5.41, 5.74) is 1.14. The number of fused-ring (bicyclic) bond motifs is 2. The molecule has 28 heavy (non-hydrogen) atoms. The van der Waals surface area contributed by atoms with E-state index in [0.29, 0.717) is 19.1 Å². The van der Waals surface area contributed by atoms with Crippen molar-refractivity contribution in [2.24, 2.45) is 0 Å². The van der Waals surface area contributed by atoms with E-state index in [9.17, 15) is 0 Å². The Morgan fingerprint density at radius 1 is 1.18 bits per heavy atom. The monoisotopic (exact) mass is 385 g/mol. The Morgan fingerprint density at radius 2 is 2.04 bits per heavy atom. The van der Waals surface area contributed by atoms with E-state index in [1.165, 1.54) is 6.42 Å². The maximum absolute atomic E-state index is 5.77. The van der Waals surface area contributed by atoms with Gasteiger partial charge in [-0.3, -0.25) is 4.90 Å². The van der Waals surface area contributed by atoms with Crippen molar-refractivity contribution in [2.75, 3.05) is 40.0 Å². The fourth-order valence-electron chi connectivity index (χ4n) is 4.49. The molecule has 1 fully saturated rings. The van der Waals surface area contributed by atoms with Gasteiger partial charge >= 0.3 is 0 Å². The summed E-state index contributed by atoms with van der Waals surface area (Å²) in [4.78, 5) is 2.49. The van der Waals surface area contributed by atoms with E-state index < -0.39 is 0 Å². The second kappa shape index (κ2) is 7.60. The zero-order valence-corrected chi connectivity index (χ0v) is 16.3. The highest BCUT2D eigenvalue weighted by molar-refractivity contribution is 5.51. The largest absolute Gasteiger partial charge is 0.496 e. The standard InChI is InChI=1S/C20H27N5O3/c1-26-16-10-18-17(27-7-8-28-18)9-15(16)13-24-5-2-3-14(12-24)20-23-22-19-11-21-4-6-25(19)20/h9-10,14,21H,2-8,11-13H2,1H3. The smallest absolute Gasteiger partial charge is 0.165 e. The second-order valence-electron chi connectivity index (χ2n) is 7.68. The molecule has 5 rings (SSSR count). The number of hydrogen-bond acceptors (Lipinski definition) is 7. The van der Waals surface area contributed by atoms with Crippen LogP contribution in [-0.2, 0) is 19.6 Å². The van der Waals surface area contributed by atoms with Crippen molar-refractivity contribution in [2.45, 2.75) is 38.4 Å². The lowest BCUT2D eigenvalue weighted by atomic mass is 9.96. The van der Waals surface area contributed by atoms with Crippen molar-refractivity contribution in [1.29, 1.82) is 0 Å². The molecule has 8 heteroatoms. The minimum Gasteiger partial charge on any atom is -0.496 e. The van der Waals surface area contributed by atoms with Crippen LogP contribution in [0.1, 0.15) is 36.0 Å². The van der Waals surface area contributed by atoms with Gasteiger partial charge in [0.15, 0.2) is 11.5 Å². The highest BCUT2D eigenvalue weighted by Gasteiger charge is 2.28. The number of nitrogens with zero attached hydrogens (tertiary/aromatic N) is 4. The number of hydrogen-bond donors (Lipinski definition) is 1. The predicted octanol–water partition coefficient (Wildman–Crippen LogP) is 1.54. The third-order valence-electron chi connectivity index (χ3n) is 5.86. The molecule has 1 atom stereocenters. The summed E-state index contributed by atoms with van der Waals surface area (Å²) < 4.78 is 19.4. The van der Waals surface area contributed by atoms with Gasteiger partial charge in [-0.25, -0.2) is 0 Å². The average molecular weight is 385 g/mol. The quantitative estimate of drug-likeness (QED) is 0.856. The second-order valence-corrected chi connectivity index (χ2v) is 7.68. The predicted molar refractivity (Wildman–Crippen MR) is 103 cm³/mol. The van der Waals surface area contributed by atoms with E-state index in [0.717, 1.165) is 80.2 Å². The van der Waals surface area contributed by atoms with E-state index in [-0.39, 0.29) is 0 Å². The molecule has 1 aromatic carbocycles. The number of nitrogens with one attached hydrogen (secondary N) is 1. The third kappa shape index (κ3) is 3.31. The molecular weight excluding hydrogens is 358 g/mol. The fraction of sp³-hybridized carbons (Fsp3) is 0.600. The summed E-state index contributed by atoms with van der Waals surface area (Å²) in [5, 5.41) is 12.3. The first-order chi connectivity index (χ1) is 13.8. The van der Waals surface area contributed by atoms with Gasteiger partial charge in [-0.05, 0) is 25.5 Å². The summed E-state index contributed by atoms with van der Waals surface area (Å²) in [6, 6.07) is 4.02. The molecule has 1 N–H and O–H groups in total. The average Bonchev–Trinajstić information content (AvgIpc) is 3.18. The van der Waals surface area contributed by atoms with Gasteiger partial charge in [-0.1, -0.05) is 0 Å².